The van der Waals surface area contributed by atoms with Crippen LogP contribution in [-0.4, -0.2) is 4.98 Å². The molecule has 4 heteroatoms. The molecule has 1 aromatic rings. The molecule has 0 unspecified atom stereocenters. The van der Waals surface area contributed by atoms with E-state index in [1.165, 1.54) is 13.0 Å². The van der Waals surface area contributed by atoms with E-state index < -0.39 is 11.6 Å². The lowest BCUT2D eigenvalue weighted by Crippen LogP contribution is -1.87. The number of nitrogens with zero attached hydrogens (tertiary/aromatic N) is 1. The molecule has 1 nitrogen and oxygen atoms in total. The van der Waals surface area contributed by atoms with Crippen LogP contribution in [0.25, 0.3) is 5.83 Å². The Balaban J connectivity index is 3.13. The molecule has 0 radical (unpaired) electrons. The molecule has 0 aliphatic rings. The van der Waals surface area contributed by atoms with Crippen LogP contribution in [0.1, 0.15) is 12.6 Å². The highest BCUT2D eigenvalue weighted by atomic mass is 35.5. The average Bonchev–Trinajstić information content (AvgIpc) is 2.08. The highest BCUT2D eigenvalue weighted by Gasteiger charge is 2.05. The fourth-order valence-corrected chi connectivity index (χ4v) is 0.796. The van der Waals surface area contributed by atoms with Gasteiger partial charge in [-0.25, -0.2) is 8.78 Å². The van der Waals surface area contributed by atoms with E-state index in [2.05, 4.69) is 4.98 Å². The minimum Gasteiger partial charge on any atom is -0.252 e. The molecule has 0 aromatic carbocycles. The van der Waals surface area contributed by atoms with E-state index in [9.17, 15) is 8.78 Å². The van der Waals surface area contributed by atoms with Gasteiger partial charge in [-0.3, -0.25) is 4.98 Å². The lowest BCUT2D eigenvalue weighted by atomic mass is 10.3. The normalized spacial score (nSPS) is 11.8. The third kappa shape index (κ3) is 1.80. The van der Waals surface area contributed by atoms with Gasteiger partial charge in [-0.2, -0.15) is 0 Å². The maximum atomic E-state index is 12.8. The van der Waals surface area contributed by atoms with Crippen LogP contribution in [0.4, 0.5) is 8.78 Å². The largest absolute Gasteiger partial charge is 0.252 e. The van der Waals surface area contributed by atoms with Crippen molar-refractivity contribution in [3.05, 3.63) is 34.9 Å². The summed E-state index contributed by atoms with van der Waals surface area (Å²) in [4.78, 5) is 3.59. The molecule has 12 heavy (non-hydrogen) atoms. The minimum atomic E-state index is -0.668. The van der Waals surface area contributed by atoms with Gasteiger partial charge in [-0.15, -0.1) is 0 Å². The van der Waals surface area contributed by atoms with Crippen molar-refractivity contribution in [1.29, 1.82) is 0 Å². The van der Waals surface area contributed by atoms with E-state index in [0.29, 0.717) is 0 Å². The number of allylic oxidation sites excluding steroid dienone is 1. The van der Waals surface area contributed by atoms with Gasteiger partial charge in [-0.05, 0) is 13.0 Å². The number of pyridine rings is 1. The van der Waals surface area contributed by atoms with E-state index in [-0.39, 0.29) is 10.7 Å². The third-order valence-corrected chi connectivity index (χ3v) is 1.58. The van der Waals surface area contributed by atoms with Crippen LogP contribution >= 0.6 is 11.6 Å². The summed E-state index contributed by atoms with van der Waals surface area (Å²) in [6, 6.07) is 0.956. The molecular formula is C8H6ClF2N. The maximum Gasteiger partial charge on any atom is 0.145 e. The first-order chi connectivity index (χ1) is 5.65. The average molecular weight is 190 g/mol. The monoisotopic (exact) mass is 189 g/mol. The predicted octanol–water partition coefficient (Wildman–Crippen LogP) is 3.20. The summed E-state index contributed by atoms with van der Waals surface area (Å²) >= 11 is 5.35. The Labute approximate surface area is 73.7 Å². The Hall–Kier alpha value is -0.960. The van der Waals surface area contributed by atoms with Crippen molar-refractivity contribution in [2.45, 2.75) is 6.92 Å². The Bertz CT molecular complexity index is 323. The number of aromatic nitrogens is 1. The third-order valence-electron chi connectivity index (χ3n) is 1.31. The molecule has 1 aromatic heterocycles. The number of hydrogen-bond acceptors (Lipinski definition) is 1. The predicted molar refractivity (Wildman–Crippen MR) is 44.0 cm³/mol. The fraction of sp³-hybridized carbons (Fsp3) is 0.125. The highest BCUT2D eigenvalue weighted by molar-refractivity contribution is 6.30. The molecular weight excluding hydrogens is 184 g/mol. The van der Waals surface area contributed by atoms with E-state index in [4.69, 9.17) is 11.6 Å². The molecule has 0 saturated carbocycles. The van der Waals surface area contributed by atoms with Crippen molar-refractivity contribution in [1.82, 2.24) is 4.98 Å². The minimum absolute atomic E-state index is 0.0422. The van der Waals surface area contributed by atoms with Crippen molar-refractivity contribution in [3.8, 4) is 0 Å². The Morgan fingerprint density at radius 3 is 2.83 bits per heavy atom. The van der Waals surface area contributed by atoms with Gasteiger partial charge < -0.3 is 0 Å². The lowest BCUT2D eigenvalue weighted by molar-refractivity contribution is 0.623. The molecule has 64 valence electrons. The van der Waals surface area contributed by atoms with Crippen LogP contribution in [0.5, 0.6) is 0 Å². The molecule has 0 aliphatic carbocycles. The zero-order valence-electron chi connectivity index (χ0n) is 6.31. The standard InChI is InChI=1S/C8H6ClF2N/c1-2-6(10)8-3-7(11)5(9)4-12-8/h2-4H,1H3/b6-2-. The fourth-order valence-electron chi connectivity index (χ4n) is 0.693. The first-order valence-corrected chi connectivity index (χ1v) is 3.66. The first-order valence-electron chi connectivity index (χ1n) is 3.28. The second-order valence-corrected chi connectivity index (χ2v) is 2.53. The highest BCUT2D eigenvalue weighted by Crippen LogP contribution is 2.18. The van der Waals surface area contributed by atoms with Gasteiger partial charge in [0.25, 0.3) is 0 Å². The van der Waals surface area contributed by atoms with Crippen LogP contribution in [0.3, 0.4) is 0 Å². The summed E-state index contributed by atoms with van der Waals surface area (Å²) in [5, 5.41) is -0.109. The first kappa shape index (κ1) is 9.13. The molecule has 0 spiro atoms. The van der Waals surface area contributed by atoms with E-state index in [0.717, 1.165) is 12.3 Å². The quantitative estimate of drug-likeness (QED) is 0.661. The number of halogens is 3. The van der Waals surface area contributed by atoms with Crippen LogP contribution in [0, 0.1) is 5.82 Å². The van der Waals surface area contributed by atoms with Gasteiger partial charge in [0.15, 0.2) is 0 Å². The molecule has 0 bridgehead atoms. The van der Waals surface area contributed by atoms with Gasteiger partial charge in [-0.1, -0.05) is 11.6 Å². The van der Waals surface area contributed by atoms with Gasteiger partial charge in [0.05, 0.1) is 5.02 Å². The molecule has 0 atom stereocenters. The molecule has 1 heterocycles. The molecule has 0 aliphatic heterocycles. The van der Waals surface area contributed by atoms with Gasteiger partial charge in [0.2, 0.25) is 0 Å². The van der Waals surface area contributed by atoms with Crippen molar-refractivity contribution in [2.75, 3.05) is 0 Å². The van der Waals surface area contributed by atoms with Crippen molar-refractivity contribution in [2.24, 2.45) is 0 Å². The lowest BCUT2D eigenvalue weighted by Gasteiger charge is -1.97. The maximum absolute atomic E-state index is 12.8. The number of rotatable bonds is 1. The van der Waals surface area contributed by atoms with Crippen molar-refractivity contribution in [3.63, 3.8) is 0 Å². The Kier molecular flexibility index (Phi) is 2.76. The smallest absolute Gasteiger partial charge is 0.145 e. The second-order valence-electron chi connectivity index (χ2n) is 2.12. The zero-order valence-corrected chi connectivity index (χ0v) is 7.07. The second kappa shape index (κ2) is 3.63. The summed E-state index contributed by atoms with van der Waals surface area (Å²) in [5.41, 5.74) is -0.0422. The van der Waals surface area contributed by atoms with Crippen molar-refractivity contribution < 1.29 is 8.78 Å². The summed E-state index contributed by atoms with van der Waals surface area (Å²) in [6.45, 7) is 1.50. The van der Waals surface area contributed by atoms with Crippen LogP contribution in [0.2, 0.25) is 5.02 Å². The summed E-state index contributed by atoms with van der Waals surface area (Å²) < 4.78 is 25.5. The van der Waals surface area contributed by atoms with Gasteiger partial charge in [0.1, 0.15) is 17.3 Å². The van der Waals surface area contributed by atoms with E-state index in [1.807, 2.05) is 0 Å². The molecule has 0 N–H and O–H groups in total. The van der Waals surface area contributed by atoms with Crippen LogP contribution < -0.4 is 0 Å². The number of hydrogen-bond donors (Lipinski definition) is 0. The zero-order chi connectivity index (χ0) is 9.14. The molecule has 1 rings (SSSR count). The molecule has 0 amide bonds. The summed E-state index contributed by atoms with van der Waals surface area (Å²) in [6.07, 6.45) is 2.28. The molecule has 0 saturated heterocycles. The SMILES string of the molecule is C/C=C(\F)c1cc(F)c(Cl)cn1. The van der Waals surface area contributed by atoms with Gasteiger partial charge in [0, 0.05) is 12.3 Å². The van der Waals surface area contributed by atoms with Crippen LogP contribution in [-0.2, 0) is 0 Å². The van der Waals surface area contributed by atoms with E-state index >= 15 is 0 Å². The van der Waals surface area contributed by atoms with Gasteiger partial charge >= 0.3 is 0 Å². The summed E-state index contributed by atoms with van der Waals surface area (Å²) in [7, 11) is 0. The van der Waals surface area contributed by atoms with E-state index in [1.54, 1.807) is 0 Å². The molecule has 0 fully saturated rings. The summed E-state index contributed by atoms with van der Waals surface area (Å²) in [5.74, 6) is -1.23. The Morgan fingerprint density at radius 1 is 1.67 bits per heavy atom. The topological polar surface area (TPSA) is 12.9 Å². The Morgan fingerprint density at radius 2 is 2.33 bits per heavy atom. The van der Waals surface area contributed by atoms with Crippen LogP contribution in [0.15, 0.2) is 18.3 Å². The van der Waals surface area contributed by atoms with Crippen molar-refractivity contribution >= 4 is 17.4 Å².